The van der Waals surface area contributed by atoms with E-state index in [1.54, 1.807) is 4.90 Å². The normalized spacial score (nSPS) is 15.9. The number of aromatic amines is 1. The fourth-order valence-electron chi connectivity index (χ4n) is 4.66. The number of amides is 2. The lowest BCUT2D eigenvalue weighted by Gasteiger charge is -2.29. The molecular formula is C28H30Br2N4O4. The van der Waals surface area contributed by atoms with Gasteiger partial charge in [0.25, 0.3) is 0 Å². The summed E-state index contributed by atoms with van der Waals surface area (Å²) in [6.45, 7) is 4.38. The zero-order valence-electron chi connectivity index (χ0n) is 21.5. The largest absolute Gasteiger partial charge is 0.453 e. The number of alkyl carbamates (subject to hydrolysis) is 1. The van der Waals surface area contributed by atoms with Gasteiger partial charge in [0.05, 0.1) is 18.5 Å². The molecule has 0 radical (unpaired) electrons. The number of benzene rings is 2. The number of nitrogens with one attached hydrogen (secondary N) is 2. The minimum atomic E-state index is -0.680. The van der Waals surface area contributed by atoms with E-state index >= 15 is 0 Å². The Hall–Kier alpha value is -2.98. The maximum Gasteiger partial charge on any atom is 0.407 e. The number of aromatic nitrogens is 2. The van der Waals surface area contributed by atoms with Gasteiger partial charge in [-0.25, -0.2) is 9.78 Å². The highest BCUT2D eigenvalue weighted by Crippen LogP contribution is 2.36. The molecule has 1 fully saturated rings. The first-order valence-corrected chi connectivity index (χ1v) is 14.3. The second kappa shape index (κ2) is 12.3. The van der Waals surface area contributed by atoms with Crippen molar-refractivity contribution in [3.8, 4) is 22.4 Å². The molecule has 1 aromatic heterocycles. The maximum absolute atomic E-state index is 13.4. The number of alkyl halides is 1. The standard InChI is InChI=1S/C28H30Br2N4O4/c1-16(2)23(32-28(37)38-3)27(36)34-14-4-5-21(34)26-31-24(25(30)33-26)20-12-8-18(9-13-20)17-6-10-19(11-7-17)22(35)15-29/h6-13,16,21,23H,4-5,14-15H2,1-3H3,(H,31,33)(H,32,37)/t21-,23-/m0/s1. The number of ketones is 1. The van der Waals surface area contributed by atoms with Crippen molar-refractivity contribution in [1.82, 2.24) is 20.2 Å². The Morgan fingerprint density at radius 1 is 1.08 bits per heavy atom. The molecule has 0 saturated carbocycles. The number of methoxy groups -OCH3 is 1. The number of rotatable bonds is 8. The van der Waals surface area contributed by atoms with Crippen LogP contribution in [0.1, 0.15) is 48.9 Å². The molecule has 0 spiro atoms. The lowest BCUT2D eigenvalue weighted by molar-refractivity contribution is -0.135. The summed E-state index contributed by atoms with van der Waals surface area (Å²) in [6.07, 6.45) is 1.00. The van der Waals surface area contributed by atoms with Crippen molar-refractivity contribution in [3.63, 3.8) is 0 Å². The third kappa shape index (κ3) is 6.02. The Morgan fingerprint density at radius 3 is 2.26 bits per heavy atom. The minimum Gasteiger partial charge on any atom is -0.453 e. The van der Waals surface area contributed by atoms with Crippen molar-refractivity contribution >= 4 is 49.6 Å². The molecule has 10 heteroatoms. The first-order valence-electron chi connectivity index (χ1n) is 12.4. The van der Waals surface area contributed by atoms with E-state index in [1.165, 1.54) is 7.11 Å². The van der Waals surface area contributed by atoms with Gasteiger partial charge in [0.2, 0.25) is 5.91 Å². The Kier molecular flexibility index (Phi) is 9.04. The van der Waals surface area contributed by atoms with Crippen LogP contribution in [0, 0.1) is 5.92 Å². The molecule has 2 atom stereocenters. The van der Waals surface area contributed by atoms with Crippen molar-refractivity contribution in [2.45, 2.75) is 38.8 Å². The van der Waals surface area contributed by atoms with Gasteiger partial charge in [-0.15, -0.1) is 0 Å². The molecular weight excluding hydrogens is 616 g/mol. The molecule has 0 unspecified atom stereocenters. The van der Waals surface area contributed by atoms with Gasteiger partial charge in [-0.3, -0.25) is 9.59 Å². The molecule has 8 nitrogen and oxygen atoms in total. The third-order valence-electron chi connectivity index (χ3n) is 6.74. The smallest absolute Gasteiger partial charge is 0.407 e. The molecule has 0 aliphatic carbocycles. The van der Waals surface area contributed by atoms with Gasteiger partial charge in [0, 0.05) is 17.7 Å². The predicted molar refractivity (Wildman–Crippen MR) is 153 cm³/mol. The van der Waals surface area contributed by atoms with E-state index in [0.717, 1.165) is 39.8 Å². The Morgan fingerprint density at radius 2 is 1.68 bits per heavy atom. The molecule has 1 aliphatic heterocycles. The van der Waals surface area contributed by atoms with Gasteiger partial charge in [0.15, 0.2) is 5.78 Å². The second-order valence-corrected chi connectivity index (χ2v) is 10.9. The number of likely N-dealkylation sites (tertiary alicyclic amines) is 1. The molecule has 200 valence electrons. The van der Waals surface area contributed by atoms with E-state index < -0.39 is 12.1 Å². The second-order valence-electron chi connectivity index (χ2n) is 9.54. The van der Waals surface area contributed by atoms with Gasteiger partial charge < -0.3 is 19.9 Å². The van der Waals surface area contributed by atoms with Crippen LogP contribution in [0.5, 0.6) is 0 Å². The molecule has 4 rings (SSSR count). The lowest BCUT2D eigenvalue weighted by atomic mass is 10.0. The molecule has 2 heterocycles. The minimum absolute atomic E-state index is 0.0491. The Balaban J connectivity index is 1.53. The van der Waals surface area contributed by atoms with Gasteiger partial charge in [0.1, 0.15) is 22.2 Å². The van der Waals surface area contributed by atoms with Crippen molar-refractivity contribution in [2.75, 3.05) is 19.0 Å². The number of hydrogen-bond donors (Lipinski definition) is 2. The van der Waals surface area contributed by atoms with Crippen molar-refractivity contribution in [1.29, 1.82) is 0 Å². The van der Waals surface area contributed by atoms with Crippen molar-refractivity contribution in [3.05, 3.63) is 64.5 Å². The molecule has 2 N–H and O–H groups in total. The summed E-state index contributed by atoms with van der Waals surface area (Å²) in [5.74, 6) is 0.513. The molecule has 1 aliphatic rings. The summed E-state index contributed by atoms with van der Waals surface area (Å²) in [6, 6.07) is 14.7. The highest BCUT2D eigenvalue weighted by atomic mass is 79.9. The summed E-state index contributed by atoms with van der Waals surface area (Å²) in [5.41, 5.74) is 4.42. The number of nitrogens with zero attached hydrogens (tertiary/aromatic N) is 2. The fraction of sp³-hybridized carbons (Fsp3) is 0.357. The van der Waals surface area contributed by atoms with Crippen LogP contribution in [-0.4, -0.2) is 57.7 Å². The van der Waals surface area contributed by atoms with Crippen molar-refractivity contribution in [2.24, 2.45) is 5.92 Å². The van der Waals surface area contributed by atoms with Crippen LogP contribution in [0.4, 0.5) is 4.79 Å². The number of H-pyrrole nitrogens is 1. The summed E-state index contributed by atoms with van der Waals surface area (Å²) < 4.78 is 5.46. The van der Waals surface area contributed by atoms with Crippen LogP contribution in [0.2, 0.25) is 0 Å². The lowest BCUT2D eigenvalue weighted by Crippen LogP contribution is -2.51. The summed E-state index contributed by atoms with van der Waals surface area (Å²) in [7, 11) is 1.29. The summed E-state index contributed by atoms with van der Waals surface area (Å²) >= 11 is 6.82. The Labute approximate surface area is 238 Å². The molecule has 0 bridgehead atoms. The number of imidazole rings is 1. The summed E-state index contributed by atoms with van der Waals surface area (Å²) in [4.78, 5) is 47.1. The van der Waals surface area contributed by atoms with E-state index in [-0.39, 0.29) is 23.7 Å². The number of carbonyl (C=O) groups is 3. The predicted octanol–water partition coefficient (Wildman–Crippen LogP) is 6.13. The van der Waals surface area contributed by atoms with E-state index in [1.807, 2.05) is 62.4 Å². The number of halogens is 2. The monoisotopic (exact) mass is 644 g/mol. The maximum atomic E-state index is 13.4. The van der Waals surface area contributed by atoms with Crippen LogP contribution >= 0.6 is 31.9 Å². The van der Waals surface area contributed by atoms with Crippen LogP contribution in [0.3, 0.4) is 0 Å². The van der Waals surface area contributed by atoms with E-state index in [4.69, 9.17) is 9.72 Å². The first-order chi connectivity index (χ1) is 18.2. The van der Waals surface area contributed by atoms with Gasteiger partial charge >= 0.3 is 6.09 Å². The average Bonchev–Trinajstić information content (AvgIpc) is 3.57. The summed E-state index contributed by atoms with van der Waals surface area (Å²) in [5, 5.41) is 2.98. The van der Waals surface area contributed by atoms with Crippen molar-refractivity contribution < 1.29 is 19.1 Å². The van der Waals surface area contributed by atoms with Gasteiger partial charge in [-0.2, -0.15) is 0 Å². The SMILES string of the molecule is COC(=O)N[C@H](C(=O)N1CCC[C@H]1c1nc(-c2ccc(-c3ccc(C(=O)CBr)cc3)cc2)c(Br)[nH]1)C(C)C. The van der Waals surface area contributed by atoms with Crippen LogP contribution in [-0.2, 0) is 9.53 Å². The zero-order chi connectivity index (χ0) is 27.4. The number of hydrogen-bond acceptors (Lipinski definition) is 5. The fourth-order valence-corrected chi connectivity index (χ4v) is 5.50. The first kappa shape index (κ1) is 28.0. The Bertz CT molecular complexity index is 1310. The quantitative estimate of drug-likeness (QED) is 0.227. The van der Waals surface area contributed by atoms with Gasteiger partial charge in [-0.1, -0.05) is 78.3 Å². The molecule has 1 saturated heterocycles. The molecule has 2 aromatic carbocycles. The molecule has 3 aromatic rings. The molecule has 38 heavy (non-hydrogen) atoms. The number of Topliss-reactive ketones (excluding diaryl/α,β-unsaturated/α-hetero) is 1. The third-order valence-corrected chi connectivity index (χ3v) is 7.82. The number of carbonyl (C=O) groups excluding carboxylic acids is 3. The van der Waals surface area contributed by atoms with Crippen LogP contribution in [0.15, 0.2) is 53.1 Å². The zero-order valence-corrected chi connectivity index (χ0v) is 24.6. The number of ether oxygens (including phenoxy) is 1. The van der Waals surface area contributed by atoms with E-state index in [0.29, 0.717) is 23.3 Å². The van der Waals surface area contributed by atoms with Gasteiger partial charge in [-0.05, 0) is 45.8 Å². The van der Waals surface area contributed by atoms with Crippen LogP contribution in [0.25, 0.3) is 22.4 Å². The van der Waals surface area contributed by atoms with E-state index in [9.17, 15) is 14.4 Å². The van der Waals surface area contributed by atoms with E-state index in [2.05, 4.69) is 42.2 Å². The highest BCUT2D eigenvalue weighted by Gasteiger charge is 2.37. The topological polar surface area (TPSA) is 104 Å². The highest BCUT2D eigenvalue weighted by molar-refractivity contribution is 9.10. The van der Waals surface area contributed by atoms with Crippen LogP contribution < -0.4 is 5.32 Å². The average molecular weight is 646 g/mol. The molecule has 2 amide bonds.